The van der Waals surface area contributed by atoms with Crippen LogP contribution < -0.4 is 9.05 Å². The number of ether oxygens (including phenoxy) is 4. The smallest absolute Gasteiger partial charge is 0.395 e. The van der Waals surface area contributed by atoms with Crippen molar-refractivity contribution in [2.45, 2.75) is 69.6 Å². The molecule has 1 aliphatic carbocycles. The highest BCUT2D eigenvalue weighted by atomic mass is 31.2. The Morgan fingerprint density at radius 1 is 0.491 bits per heavy atom. The quantitative estimate of drug-likeness (QED) is 0.0708. The fourth-order valence-electron chi connectivity index (χ4n) is 6.84. The molecule has 8 nitrogen and oxygen atoms in total. The lowest BCUT2D eigenvalue weighted by Gasteiger charge is -2.42. The van der Waals surface area contributed by atoms with Gasteiger partial charge in [-0.2, -0.15) is 0 Å². The summed E-state index contributed by atoms with van der Waals surface area (Å²) in [6, 6.07) is 58.1. The van der Waals surface area contributed by atoms with Crippen molar-refractivity contribution in [1.82, 2.24) is 0 Å². The molecule has 57 heavy (non-hydrogen) atoms. The van der Waals surface area contributed by atoms with Crippen LogP contribution in [0.3, 0.4) is 0 Å². The molecular formula is C48H49O8P. The van der Waals surface area contributed by atoms with Crippen molar-refractivity contribution in [2.24, 2.45) is 0 Å². The minimum atomic E-state index is -4.39. The maximum Gasteiger partial charge on any atom is 0.588 e. The average molecular weight is 785 g/mol. The van der Waals surface area contributed by atoms with Crippen LogP contribution in [0, 0.1) is 0 Å². The van der Waals surface area contributed by atoms with Crippen LogP contribution in [0.25, 0.3) is 0 Å². The van der Waals surface area contributed by atoms with E-state index in [1.807, 2.05) is 121 Å². The summed E-state index contributed by atoms with van der Waals surface area (Å²) in [4.78, 5) is 0. The van der Waals surface area contributed by atoms with Gasteiger partial charge in [0.15, 0.2) is 0 Å². The third-order valence-electron chi connectivity index (χ3n) is 9.62. The topological polar surface area (TPSA) is 81.7 Å². The van der Waals surface area contributed by atoms with Gasteiger partial charge in [0.05, 0.1) is 50.8 Å². The summed E-state index contributed by atoms with van der Waals surface area (Å²) in [5, 5.41) is 0. The summed E-state index contributed by atoms with van der Waals surface area (Å²) < 4.78 is 60.8. The molecule has 0 amide bonds. The molecule has 0 N–H and O–H groups in total. The Kier molecular flexibility index (Phi) is 14.7. The Morgan fingerprint density at radius 3 is 1.42 bits per heavy atom. The molecule has 1 aliphatic rings. The van der Waals surface area contributed by atoms with E-state index < -0.39 is 32.2 Å². The molecule has 1 saturated carbocycles. The van der Waals surface area contributed by atoms with Gasteiger partial charge >= 0.3 is 7.82 Å². The van der Waals surface area contributed by atoms with Crippen molar-refractivity contribution < 1.29 is 37.1 Å². The first kappa shape index (κ1) is 40.2. The monoisotopic (exact) mass is 784 g/mol. The van der Waals surface area contributed by atoms with Crippen LogP contribution in [-0.2, 0) is 54.3 Å². The number of para-hydroxylation sites is 2. The van der Waals surface area contributed by atoms with Gasteiger partial charge < -0.3 is 28.0 Å². The number of phosphoric ester groups is 1. The zero-order chi connectivity index (χ0) is 39.0. The van der Waals surface area contributed by atoms with E-state index in [1.165, 1.54) is 0 Å². The highest BCUT2D eigenvalue weighted by molar-refractivity contribution is 7.49. The summed E-state index contributed by atoms with van der Waals surface area (Å²) >= 11 is 0. The second-order valence-electron chi connectivity index (χ2n) is 14.0. The Morgan fingerprint density at radius 2 is 0.912 bits per heavy atom. The van der Waals surface area contributed by atoms with Gasteiger partial charge in [-0.3, -0.25) is 4.52 Å². The summed E-state index contributed by atoms with van der Waals surface area (Å²) in [6.07, 6.45) is -1.40. The molecule has 0 unspecified atom stereocenters. The van der Waals surface area contributed by atoms with E-state index in [0.29, 0.717) is 57.2 Å². The number of hydrogen-bond donors (Lipinski definition) is 0. The molecule has 0 spiro atoms. The lowest BCUT2D eigenvalue weighted by molar-refractivity contribution is -0.186. The van der Waals surface area contributed by atoms with Crippen molar-refractivity contribution in [3.05, 3.63) is 204 Å². The molecule has 6 aromatic carbocycles. The van der Waals surface area contributed by atoms with Crippen LogP contribution in [0.1, 0.15) is 35.1 Å². The van der Waals surface area contributed by atoms with Gasteiger partial charge in [0, 0.05) is 19.3 Å². The Labute approximate surface area is 335 Å². The summed E-state index contributed by atoms with van der Waals surface area (Å²) in [6.45, 7) is 1.43. The highest BCUT2D eigenvalue weighted by Gasteiger charge is 2.48. The lowest BCUT2D eigenvalue weighted by atomic mass is 9.89. The molecule has 0 heterocycles. The second kappa shape index (κ2) is 20.9. The van der Waals surface area contributed by atoms with Gasteiger partial charge in [0.1, 0.15) is 17.6 Å². The molecule has 5 atom stereocenters. The van der Waals surface area contributed by atoms with Gasteiger partial charge in [-0.25, -0.2) is 4.57 Å². The predicted octanol–water partition coefficient (Wildman–Crippen LogP) is 10.8. The molecule has 1 fully saturated rings. The van der Waals surface area contributed by atoms with Crippen molar-refractivity contribution >= 4 is 7.82 Å². The van der Waals surface area contributed by atoms with E-state index in [2.05, 4.69) is 12.1 Å². The zero-order valence-corrected chi connectivity index (χ0v) is 32.8. The molecule has 0 saturated heterocycles. The highest BCUT2D eigenvalue weighted by Crippen LogP contribution is 2.53. The molecular weight excluding hydrogens is 735 g/mol. The molecule has 0 radical (unpaired) electrons. The van der Waals surface area contributed by atoms with Crippen molar-refractivity contribution in [3.8, 4) is 11.5 Å². The van der Waals surface area contributed by atoms with Gasteiger partial charge in [0.25, 0.3) is 0 Å². The fourth-order valence-corrected chi connectivity index (χ4v) is 8.29. The van der Waals surface area contributed by atoms with Crippen LogP contribution in [-0.4, -0.2) is 37.1 Å². The molecule has 0 aliphatic heterocycles. The molecule has 6 aromatic rings. The average Bonchev–Trinajstić information content (AvgIpc) is 3.25. The van der Waals surface area contributed by atoms with Crippen LogP contribution in [0.4, 0.5) is 0 Å². The van der Waals surface area contributed by atoms with Crippen molar-refractivity contribution in [1.29, 1.82) is 0 Å². The lowest BCUT2D eigenvalue weighted by Crippen LogP contribution is -2.52. The van der Waals surface area contributed by atoms with Crippen molar-refractivity contribution in [3.63, 3.8) is 0 Å². The van der Waals surface area contributed by atoms with Crippen LogP contribution in [0.5, 0.6) is 11.5 Å². The van der Waals surface area contributed by atoms with E-state index in [1.54, 1.807) is 48.5 Å². The van der Waals surface area contributed by atoms with E-state index in [4.69, 9.17) is 32.5 Å². The standard InChI is InChI=1S/C48H49O8P/c49-57(54-42-27-15-5-16-28-42,55-43-29-17-6-18-30-43)56-48-46(52-36-41-25-13-4-14-26-41)32-44(51-35-40-23-11-3-12-24-40)33-47(48)53-45(31-38-19-7-1-8-20-38)37-50-34-39-21-9-2-10-22-39/h1-30,44-48H,31-37H2/t44-,45-,46-,47-,48-/m1/s1. The normalized spacial score (nSPS) is 18.7. The molecule has 294 valence electrons. The van der Waals surface area contributed by atoms with Crippen LogP contribution >= 0.6 is 7.82 Å². The van der Waals surface area contributed by atoms with Crippen LogP contribution in [0.15, 0.2) is 182 Å². The minimum absolute atomic E-state index is 0.275. The number of benzene rings is 6. The summed E-state index contributed by atoms with van der Waals surface area (Å²) in [5.41, 5.74) is 4.21. The molecule has 0 bridgehead atoms. The molecule has 0 aromatic heterocycles. The van der Waals surface area contributed by atoms with Crippen molar-refractivity contribution in [2.75, 3.05) is 6.61 Å². The Hall–Kier alpha value is -5.05. The van der Waals surface area contributed by atoms with Gasteiger partial charge in [0.2, 0.25) is 0 Å². The Bertz CT molecular complexity index is 2010. The summed E-state index contributed by atoms with van der Waals surface area (Å²) in [7, 11) is -4.39. The van der Waals surface area contributed by atoms with Crippen LogP contribution in [0.2, 0.25) is 0 Å². The SMILES string of the molecule is O=P(Oc1ccccc1)(Oc1ccccc1)O[C@@H]1[C@H](OCc2ccccc2)C[C@@H](OCc2ccccc2)C[C@H]1O[C@@H](COCc1ccccc1)Cc1ccccc1. The number of rotatable bonds is 20. The van der Waals surface area contributed by atoms with E-state index in [0.717, 1.165) is 22.3 Å². The fraction of sp³-hybridized carbons (Fsp3) is 0.250. The van der Waals surface area contributed by atoms with E-state index >= 15 is 4.57 Å². The van der Waals surface area contributed by atoms with Gasteiger partial charge in [-0.1, -0.05) is 158 Å². The maximum atomic E-state index is 15.0. The third kappa shape index (κ3) is 12.7. The van der Waals surface area contributed by atoms with Gasteiger partial charge in [-0.15, -0.1) is 0 Å². The number of hydrogen-bond acceptors (Lipinski definition) is 8. The zero-order valence-electron chi connectivity index (χ0n) is 31.9. The Balaban J connectivity index is 1.22. The molecule has 9 heteroatoms. The largest absolute Gasteiger partial charge is 0.588 e. The maximum absolute atomic E-state index is 15.0. The third-order valence-corrected chi connectivity index (χ3v) is 11.0. The first-order chi connectivity index (χ1) is 28.1. The second-order valence-corrected chi connectivity index (χ2v) is 15.5. The van der Waals surface area contributed by atoms with E-state index in [-0.39, 0.29) is 6.10 Å². The first-order valence-corrected chi connectivity index (χ1v) is 20.9. The molecule has 7 rings (SSSR count). The van der Waals surface area contributed by atoms with Gasteiger partial charge in [-0.05, 0) is 46.5 Å². The predicted molar refractivity (Wildman–Crippen MR) is 221 cm³/mol. The van der Waals surface area contributed by atoms with E-state index in [9.17, 15) is 0 Å². The summed E-state index contributed by atoms with van der Waals surface area (Å²) in [5.74, 6) is 0.680. The minimum Gasteiger partial charge on any atom is -0.395 e. The number of phosphoric acid groups is 1. The first-order valence-electron chi connectivity index (χ1n) is 19.5.